The average Bonchev–Trinajstić information content (AvgIpc) is 2.71. The van der Waals surface area contributed by atoms with Crippen LogP contribution in [-0.2, 0) is 9.47 Å². The molecule has 0 saturated carbocycles. The van der Waals surface area contributed by atoms with Crippen LogP contribution in [0, 0.1) is 0 Å². The summed E-state index contributed by atoms with van der Waals surface area (Å²) in [6, 6.07) is 0. The lowest BCUT2D eigenvalue weighted by Gasteiger charge is -2.21. The standard InChI is InChI=1S/C8H17BO2/c1-3-8(2,9)6-10-4-7-5-11-7/h7H,3-6,9H2,1-2H3. The van der Waals surface area contributed by atoms with E-state index in [1.165, 1.54) is 6.42 Å². The summed E-state index contributed by atoms with van der Waals surface area (Å²) in [4.78, 5) is 0. The van der Waals surface area contributed by atoms with Gasteiger partial charge in [-0.1, -0.05) is 20.3 Å². The molecule has 0 amide bonds. The molecule has 1 rings (SSSR count). The van der Waals surface area contributed by atoms with Crippen molar-refractivity contribution in [1.29, 1.82) is 0 Å². The number of hydrogen-bond donors (Lipinski definition) is 0. The highest BCUT2D eigenvalue weighted by Crippen LogP contribution is 2.25. The van der Waals surface area contributed by atoms with Gasteiger partial charge in [0.25, 0.3) is 0 Å². The predicted octanol–water partition coefficient (Wildman–Crippen LogP) is 0.623. The third-order valence-corrected chi connectivity index (χ3v) is 2.16. The van der Waals surface area contributed by atoms with Gasteiger partial charge in [0.05, 0.1) is 13.2 Å². The van der Waals surface area contributed by atoms with Crippen molar-refractivity contribution in [1.82, 2.24) is 0 Å². The highest BCUT2D eigenvalue weighted by atomic mass is 16.6. The maximum atomic E-state index is 5.49. The molecule has 2 unspecified atom stereocenters. The van der Waals surface area contributed by atoms with Gasteiger partial charge in [0, 0.05) is 6.61 Å². The molecule has 0 N–H and O–H groups in total. The van der Waals surface area contributed by atoms with Gasteiger partial charge in [-0.25, -0.2) is 0 Å². The first-order chi connectivity index (χ1) is 5.14. The number of ether oxygens (including phenoxy) is 2. The van der Waals surface area contributed by atoms with Crippen LogP contribution in [0.3, 0.4) is 0 Å². The van der Waals surface area contributed by atoms with Gasteiger partial charge in [0.2, 0.25) is 0 Å². The topological polar surface area (TPSA) is 21.8 Å². The van der Waals surface area contributed by atoms with Crippen LogP contribution in [0.1, 0.15) is 20.3 Å². The van der Waals surface area contributed by atoms with Crippen molar-refractivity contribution < 1.29 is 9.47 Å². The van der Waals surface area contributed by atoms with E-state index in [0.29, 0.717) is 11.4 Å². The normalized spacial score (nSPS) is 28.0. The van der Waals surface area contributed by atoms with Crippen LogP contribution in [0.2, 0.25) is 5.31 Å². The van der Waals surface area contributed by atoms with Gasteiger partial charge in [-0.15, -0.1) is 0 Å². The van der Waals surface area contributed by atoms with E-state index in [9.17, 15) is 0 Å². The second-order valence-corrected chi connectivity index (χ2v) is 3.99. The zero-order valence-electron chi connectivity index (χ0n) is 7.72. The van der Waals surface area contributed by atoms with Crippen LogP contribution in [0.15, 0.2) is 0 Å². The molecule has 3 heteroatoms. The highest BCUT2D eigenvalue weighted by molar-refractivity contribution is 6.14. The summed E-state index contributed by atoms with van der Waals surface area (Å²) in [7, 11) is 2.22. The number of rotatable bonds is 5. The predicted molar refractivity (Wildman–Crippen MR) is 47.8 cm³/mol. The monoisotopic (exact) mass is 156 g/mol. The van der Waals surface area contributed by atoms with E-state index in [1.807, 2.05) is 0 Å². The molecule has 1 fully saturated rings. The Labute approximate surface area is 69.7 Å². The third kappa shape index (κ3) is 3.78. The fourth-order valence-electron chi connectivity index (χ4n) is 0.733. The molecule has 1 aliphatic rings. The van der Waals surface area contributed by atoms with Crippen LogP contribution in [0.5, 0.6) is 0 Å². The minimum absolute atomic E-state index is 0.328. The molecule has 1 heterocycles. The molecular formula is C8H17BO2. The minimum Gasteiger partial charge on any atom is -0.379 e. The molecule has 0 aliphatic carbocycles. The van der Waals surface area contributed by atoms with Crippen molar-refractivity contribution >= 4 is 7.85 Å². The Kier molecular flexibility index (Phi) is 2.96. The molecule has 0 spiro atoms. The SMILES string of the molecule is BC(C)(CC)COCC1CO1. The smallest absolute Gasteiger partial charge is 0.112 e. The highest BCUT2D eigenvalue weighted by Gasteiger charge is 2.24. The molecule has 0 radical (unpaired) electrons. The second-order valence-electron chi connectivity index (χ2n) is 3.99. The largest absolute Gasteiger partial charge is 0.379 e. The summed E-state index contributed by atoms with van der Waals surface area (Å²) in [5.41, 5.74) is 0. The Morgan fingerprint density at radius 1 is 1.73 bits per heavy atom. The summed E-state index contributed by atoms with van der Waals surface area (Å²) in [5.74, 6) is 0. The molecule has 0 aromatic heterocycles. The molecule has 2 atom stereocenters. The summed E-state index contributed by atoms with van der Waals surface area (Å²) in [6.45, 7) is 6.94. The Hall–Kier alpha value is -0.0151. The van der Waals surface area contributed by atoms with E-state index in [-0.39, 0.29) is 0 Å². The van der Waals surface area contributed by atoms with Crippen molar-refractivity contribution in [3.63, 3.8) is 0 Å². The van der Waals surface area contributed by atoms with Crippen LogP contribution in [0.25, 0.3) is 0 Å². The Morgan fingerprint density at radius 3 is 2.82 bits per heavy atom. The van der Waals surface area contributed by atoms with Gasteiger partial charge in [-0.2, -0.15) is 0 Å². The zero-order chi connectivity index (χ0) is 8.32. The van der Waals surface area contributed by atoms with E-state index in [4.69, 9.17) is 9.47 Å². The molecule has 0 aromatic carbocycles. The lowest BCUT2D eigenvalue weighted by Crippen LogP contribution is -2.16. The third-order valence-electron chi connectivity index (χ3n) is 2.16. The van der Waals surface area contributed by atoms with E-state index in [2.05, 4.69) is 21.7 Å². The molecule has 2 nitrogen and oxygen atoms in total. The molecule has 1 aliphatic heterocycles. The molecule has 64 valence electrons. The fraction of sp³-hybridized carbons (Fsp3) is 1.00. The summed E-state index contributed by atoms with van der Waals surface area (Å²) < 4.78 is 10.5. The number of hydrogen-bond acceptors (Lipinski definition) is 2. The Bertz CT molecular complexity index is 121. The lowest BCUT2D eigenvalue weighted by molar-refractivity contribution is 0.0950. The summed E-state index contributed by atoms with van der Waals surface area (Å²) in [5, 5.41) is 0.328. The Morgan fingerprint density at radius 2 is 2.36 bits per heavy atom. The van der Waals surface area contributed by atoms with Crippen molar-refractivity contribution in [3.8, 4) is 0 Å². The summed E-state index contributed by atoms with van der Waals surface area (Å²) >= 11 is 0. The lowest BCUT2D eigenvalue weighted by atomic mass is 9.69. The molecule has 1 saturated heterocycles. The van der Waals surface area contributed by atoms with Gasteiger partial charge in [0.1, 0.15) is 14.0 Å². The van der Waals surface area contributed by atoms with Crippen LogP contribution in [0.4, 0.5) is 0 Å². The first kappa shape index (κ1) is 9.08. The van der Waals surface area contributed by atoms with Gasteiger partial charge in [-0.05, 0) is 5.31 Å². The van der Waals surface area contributed by atoms with Gasteiger partial charge < -0.3 is 9.47 Å². The number of epoxide rings is 1. The first-order valence-electron chi connectivity index (χ1n) is 4.33. The fourth-order valence-corrected chi connectivity index (χ4v) is 0.733. The zero-order valence-corrected chi connectivity index (χ0v) is 7.72. The molecule has 11 heavy (non-hydrogen) atoms. The van der Waals surface area contributed by atoms with Gasteiger partial charge >= 0.3 is 0 Å². The molecule has 0 aromatic rings. The van der Waals surface area contributed by atoms with E-state index in [0.717, 1.165) is 19.8 Å². The maximum absolute atomic E-state index is 5.49. The average molecular weight is 156 g/mol. The van der Waals surface area contributed by atoms with Crippen molar-refractivity contribution in [2.24, 2.45) is 0 Å². The summed E-state index contributed by atoms with van der Waals surface area (Å²) in [6.07, 6.45) is 1.57. The minimum atomic E-state index is 0.328. The molecular weight excluding hydrogens is 139 g/mol. The van der Waals surface area contributed by atoms with Crippen molar-refractivity contribution in [2.75, 3.05) is 19.8 Å². The quantitative estimate of drug-likeness (QED) is 0.430. The maximum Gasteiger partial charge on any atom is 0.112 e. The first-order valence-corrected chi connectivity index (χ1v) is 4.33. The van der Waals surface area contributed by atoms with Gasteiger partial charge in [0.15, 0.2) is 0 Å². The van der Waals surface area contributed by atoms with Crippen LogP contribution in [-0.4, -0.2) is 33.8 Å². The van der Waals surface area contributed by atoms with E-state index in [1.54, 1.807) is 0 Å². The molecule has 0 bridgehead atoms. The van der Waals surface area contributed by atoms with E-state index >= 15 is 0 Å². The van der Waals surface area contributed by atoms with E-state index < -0.39 is 0 Å². The second kappa shape index (κ2) is 3.59. The van der Waals surface area contributed by atoms with Gasteiger partial charge in [-0.3, -0.25) is 0 Å². The van der Waals surface area contributed by atoms with Crippen molar-refractivity contribution in [2.45, 2.75) is 31.7 Å². The Balaban J connectivity index is 1.99. The van der Waals surface area contributed by atoms with Crippen LogP contribution < -0.4 is 0 Å². The van der Waals surface area contributed by atoms with Crippen LogP contribution >= 0.6 is 0 Å². The van der Waals surface area contributed by atoms with Crippen molar-refractivity contribution in [3.05, 3.63) is 0 Å².